The lowest BCUT2D eigenvalue weighted by atomic mass is 9.94. The van der Waals surface area contributed by atoms with E-state index in [9.17, 15) is 0 Å². The molecule has 0 saturated carbocycles. The van der Waals surface area contributed by atoms with Crippen molar-refractivity contribution < 1.29 is 0 Å². The average Bonchev–Trinajstić information content (AvgIpc) is 3.54. The fraction of sp³-hybridized carbons (Fsp3) is 0.0426. The Morgan fingerprint density at radius 3 is 2.06 bits per heavy atom. The van der Waals surface area contributed by atoms with Crippen molar-refractivity contribution >= 4 is 22.7 Å². The van der Waals surface area contributed by atoms with Crippen molar-refractivity contribution in [2.75, 3.05) is 5.32 Å². The van der Waals surface area contributed by atoms with Crippen LogP contribution in [0.2, 0.25) is 0 Å². The van der Waals surface area contributed by atoms with Gasteiger partial charge in [0, 0.05) is 33.5 Å². The van der Waals surface area contributed by atoms with Crippen molar-refractivity contribution in [1.82, 2.24) is 9.55 Å². The second-order valence-corrected chi connectivity index (χ2v) is 12.8. The second kappa shape index (κ2) is 12.9. The predicted molar refractivity (Wildman–Crippen MR) is 209 cm³/mol. The zero-order valence-electron chi connectivity index (χ0n) is 27.6. The van der Waals surface area contributed by atoms with Gasteiger partial charge in [-0.2, -0.15) is 0 Å². The summed E-state index contributed by atoms with van der Waals surface area (Å²) in [6.45, 7) is 0.712. The molecule has 0 spiro atoms. The van der Waals surface area contributed by atoms with Gasteiger partial charge in [0.1, 0.15) is 0 Å². The number of hydrogen-bond donors (Lipinski definition) is 1. The number of fused-ring (bicyclic) bond motifs is 4. The van der Waals surface area contributed by atoms with E-state index in [1.165, 1.54) is 44.5 Å². The highest BCUT2D eigenvalue weighted by molar-refractivity contribution is 5.93. The van der Waals surface area contributed by atoms with Crippen LogP contribution in [0.15, 0.2) is 176 Å². The Kier molecular flexibility index (Phi) is 7.64. The molecule has 0 bridgehead atoms. The Morgan fingerprint density at radius 2 is 1.20 bits per heavy atom. The van der Waals surface area contributed by atoms with Crippen molar-refractivity contribution in [2.45, 2.75) is 13.0 Å². The van der Waals surface area contributed by atoms with Crippen LogP contribution in [0.5, 0.6) is 0 Å². The van der Waals surface area contributed by atoms with E-state index in [1.54, 1.807) is 0 Å². The summed E-state index contributed by atoms with van der Waals surface area (Å²) >= 11 is 0. The smallest absolute Gasteiger partial charge is 0.0721 e. The summed E-state index contributed by atoms with van der Waals surface area (Å²) in [5.74, 6) is 0. The highest BCUT2D eigenvalue weighted by atomic mass is 15.0. The zero-order chi connectivity index (χ0) is 33.3. The Balaban J connectivity index is 1.21. The summed E-state index contributed by atoms with van der Waals surface area (Å²) in [4.78, 5) is 5.28. The number of para-hydroxylation sites is 2. The van der Waals surface area contributed by atoms with Crippen molar-refractivity contribution in [3.8, 4) is 50.5 Å². The number of pyridine rings is 1. The monoisotopic (exact) mass is 641 g/mol. The molecule has 0 fully saturated rings. The van der Waals surface area contributed by atoms with Gasteiger partial charge in [0.15, 0.2) is 0 Å². The van der Waals surface area contributed by atoms with Gasteiger partial charge in [-0.3, -0.25) is 0 Å². The van der Waals surface area contributed by atoms with Crippen LogP contribution in [0.1, 0.15) is 16.8 Å². The predicted octanol–water partition coefficient (Wildman–Crippen LogP) is 11.9. The molecule has 1 aliphatic rings. The number of nitrogens with one attached hydrogen (secondary N) is 1. The molecule has 8 aromatic rings. The molecule has 9 rings (SSSR count). The Hall–Kier alpha value is -6.45. The van der Waals surface area contributed by atoms with Gasteiger partial charge in [0.25, 0.3) is 0 Å². The van der Waals surface area contributed by atoms with Crippen LogP contribution in [-0.2, 0) is 13.0 Å². The molecule has 0 unspecified atom stereocenters. The van der Waals surface area contributed by atoms with E-state index in [2.05, 4.69) is 192 Å². The third kappa shape index (κ3) is 5.49. The molecule has 0 radical (unpaired) electrons. The Morgan fingerprint density at radius 1 is 0.520 bits per heavy atom. The van der Waals surface area contributed by atoms with Gasteiger partial charge in [-0.15, -0.1) is 0 Å². The first-order valence-electron chi connectivity index (χ1n) is 17.2. The quantitative estimate of drug-likeness (QED) is 0.203. The molecule has 50 heavy (non-hydrogen) atoms. The summed E-state index contributed by atoms with van der Waals surface area (Å²) in [7, 11) is 0. The van der Waals surface area contributed by atoms with Crippen molar-refractivity contribution in [3.05, 3.63) is 193 Å². The standard InChI is InChI=1S/C47H35N3/c1-3-15-33(16-4-1)39-23-8-9-24-40(39)45-31-37(30-44(49-45)35-17-5-2-6-18-35)36-21-13-22-38(29-36)50-46-28-12-10-25-41(46)42-26-14-20-34-19-7-11-27-43(34)48-32-47(42)50/h1-19,21-31,48H,20,32H2/b26-14-. The van der Waals surface area contributed by atoms with Crippen molar-refractivity contribution in [3.63, 3.8) is 0 Å². The summed E-state index contributed by atoms with van der Waals surface area (Å²) in [5, 5.41) is 5.04. The number of allylic oxidation sites excluding steroid dienone is 1. The summed E-state index contributed by atoms with van der Waals surface area (Å²) in [6, 6.07) is 60.5. The molecule has 6 aromatic carbocycles. The van der Waals surface area contributed by atoms with Gasteiger partial charge >= 0.3 is 0 Å². The largest absolute Gasteiger partial charge is 0.379 e. The van der Waals surface area contributed by atoms with Gasteiger partial charge in [-0.1, -0.05) is 146 Å². The van der Waals surface area contributed by atoms with Gasteiger partial charge < -0.3 is 9.88 Å². The molecular weight excluding hydrogens is 607 g/mol. The highest BCUT2D eigenvalue weighted by Gasteiger charge is 2.19. The van der Waals surface area contributed by atoms with Crippen LogP contribution >= 0.6 is 0 Å². The third-order valence-electron chi connectivity index (χ3n) is 9.72. The molecule has 3 nitrogen and oxygen atoms in total. The minimum absolute atomic E-state index is 0.712. The zero-order valence-corrected chi connectivity index (χ0v) is 27.6. The van der Waals surface area contributed by atoms with Crippen LogP contribution in [-0.4, -0.2) is 9.55 Å². The SMILES string of the molecule is C1=C\c2c(n(-c3cccc(-c4cc(-c5ccccc5)nc(-c5ccccc5-c5ccccc5)c4)c3)c3ccccc23)CNc2ccccc2C/1. The minimum Gasteiger partial charge on any atom is -0.379 e. The molecule has 1 aliphatic heterocycles. The highest BCUT2D eigenvalue weighted by Crippen LogP contribution is 2.37. The fourth-order valence-electron chi connectivity index (χ4n) is 7.32. The van der Waals surface area contributed by atoms with Crippen molar-refractivity contribution in [1.29, 1.82) is 0 Å². The number of benzene rings is 6. The van der Waals surface area contributed by atoms with Crippen LogP contribution in [0.25, 0.3) is 67.4 Å². The maximum atomic E-state index is 5.28. The molecule has 238 valence electrons. The maximum absolute atomic E-state index is 5.28. The number of anilines is 1. The van der Waals surface area contributed by atoms with E-state index in [0.29, 0.717) is 6.54 Å². The molecule has 2 aromatic heterocycles. The average molecular weight is 642 g/mol. The van der Waals surface area contributed by atoms with Gasteiger partial charge in [-0.05, 0) is 70.6 Å². The Bertz CT molecular complexity index is 2510. The lowest BCUT2D eigenvalue weighted by Crippen LogP contribution is -2.08. The summed E-state index contributed by atoms with van der Waals surface area (Å²) in [5.41, 5.74) is 16.1. The molecule has 1 N–H and O–H groups in total. The molecule has 3 heterocycles. The van der Waals surface area contributed by atoms with Crippen LogP contribution in [0, 0.1) is 0 Å². The van der Waals surface area contributed by atoms with E-state index < -0.39 is 0 Å². The van der Waals surface area contributed by atoms with E-state index in [0.717, 1.165) is 45.7 Å². The van der Waals surface area contributed by atoms with E-state index in [-0.39, 0.29) is 0 Å². The van der Waals surface area contributed by atoms with Crippen LogP contribution in [0.4, 0.5) is 5.69 Å². The third-order valence-corrected chi connectivity index (χ3v) is 9.72. The molecule has 0 saturated heterocycles. The summed E-state index contributed by atoms with van der Waals surface area (Å²) in [6.07, 6.45) is 5.50. The molecule has 3 heteroatoms. The number of aromatic nitrogens is 2. The lowest BCUT2D eigenvalue weighted by Gasteiger charge is -2.16. The van der Waals surface area contributed by atoms with E-state index in [4.69, 9.17) is 4.98 Å². The molecule has 0 atom stereocenters. The van der Waals surface area contributed by atoms with Gasteiger partial charge in [-0.25, -0.2) is 4.98 Å². The molecule has 0 amide bonds. The second-order valence-electron chi connectivity index (χ2n) is 12.8. The van der Waals surface area contributed by atoms with Crippen molar-refractivity contribution in [2.24, 2.45) is 0 Å². The number of nitrogens with zero attached hydrogens (tertiary/aromatic N) is 2. The Labute approximate surface area is 292 Å². The first-order chi connectivity index (χ1) is 24.8. The van der Waals surface area contributed by atoms with Crippen LogP contribution < -0.4 is 5.32 Å². The minimum atomic E-state index is 0.712. The number of hydrogen-bond acceptors (Lipinski definition) is 2. The lowest BCUT2D eigenvalue weighted by molar-refractivity contribution is 0.964. The molecule has 0 aliphatic carbocycles. The number of rotatable bonds is 5. The normalized spacial score (nSPS) is 13.0. The van der Waals surface area contributed by atoms with Crippen LogP contribution in [0.3, 0.4) is 0 Å². The molecular formula is C47H35N3. The van der Waals surface area contributed by atoms with Gasteiger partial charge in [0.05, 0.1) is 29.1 Å². The van der Waals surface area contributed by atoms with Gasteiger partial charge in [0.2, 0.25) is 0 Å². The fourth-order valence-corrected chi connectivity index (χ4v) is 7.32. The summed E-state index contributed by atoms with van der Waals surface area (Å²) < 4.78 is 2.43. The van der Waals surface area contributed by atoms with E-state index in [1.807, 2.05) is 0 Å². The van der Waals surface area contributed by atoms with E-state index >= 15 is 0 Å². The topological polar surface area (TPSA) is 29.9 Å². The maximum Gasteiger partial charge on any atom is 0.0721 e. The first-order valence-corrected chi connectivity index (χ1v) is 17.2. The first kappa shape index (κ1) is 29.7.